The van der Waals surface area contributed by atoms with Gasteiger partial charge in [-0.3, -0.25) is 9.59 Å². The Hall–Kier alpha value is -3.14. The van der Waals surface area contributed by atoms with E-state index in [4.69, 9.17) is 0 Å². The van der Waals surface area contributed by atoms with Gasteiger partial charge >= 0.3 is 0 Å². The molecular weight excluding hydrogens is 520 g/mol. The third kappa shape index (κ3) is 3.35. The molecule has 33 heavy (non-hydrogen) atoms. The van der Waals surface area contributed by atoms with Crippen molar-refractivity contribution in [3.8, 4) is 10.7 Å². The molecule has 5 aromatic rings. The first kappa shape index (κ1) is 20.5. The molecule has 0 unspecified atom stereocenters. The van der Waals surface area contributed by atoms with E-state index in [1.807, 2.05) is 66.9 Å². The van der Waals surface area contributed by atoms with Gasteiger partial charge in [-0.25, -0.2) is 0 Å². The summed E-state index contributed by atoms with van der Waals surface area (Å²) < 4.78 is 2.50. The fraction of sp³-hybridized carbons (Fsp3) is 0.0833. The lowest BCUT2D eigenvalue weighted by molar-refractivity contribution is -0.113. The summed E-state index contributed by atoms with van der Waals surface area (Å²) in [5.41, 5.74) is 3.79. The van der Waals surface area contributed by atoms with Crippen molar-refractivity contribution in [2.24, 2.45) is 0 Å². The molecule has 0 spiro atoms. The van der Waals surface area contributed by atoms with Crippen LogP contribution in [0.5, 0.6) is 0 Å². The number of halogens is 1. The van der Waals surface area contributed by atoms with Gasteiger partial charge in [-0.2, -0.15) is 9.50 Å². The number of aryl methyl sites for hydroxylation is 1. The fourth-order valence-corrected chi connectivity index (χ4v) is 5.96. The fourth-order valence-electron chi connectivity index (χ4n) is 3.95. The highest BCUT2D eigenvalue weighted by molar-refractivity contribution is 9.10. The first-order valence-electron chi connectivity index (χ1n) is 10.1. The molecule has 0 N–H and O–H groups in total. The molecule has 1 amide bonds. The number of fused-ring (bicyclic) bond motifs is 2. The Morgan fingerprint density at radius 2 is 1.88 bits per heavy atom. The van der Waals surface area contributed by atoms with E-state index in [1.54, 1.807) is 4.90 Å². The average molecular weight is 535 g/mol. The Balaban J connectivity index is 1.52. The van der Waals surface area contributed by atoms with E-state index in [-0.39, 0.29) is 11.5 Å². The SMILES string of the molecule is Cc1ccc(CN2C(=O)/C(=c3\sc4nc(-c5cccs5)nn4c3=O)c3cc(Br)ccc32)cc1. The number of aromatic nitrogens is 3. The second kappa shape index (κ2) is 7.72. The minimum Gasteiger partial charge on any atom is -0.303 e. The number of benzene rings is 2. The third-order valence-corrected chi connectivity index (χ3v) is 7.95. The minimum atomic E-state index is -0.322. The molecule has 162 valence electrons. The van der Waals surface area contributed by atoms with Crippen molar-refractivity contribution in [2.45, 2.75) is 13.5 Å². The maximum absolute atomic E-state index is 13.6. The number of amides is 1. The van der Waals surface area contributed by atoms with Gasteiger partial charge in [0.2, 0.25) is 4.96 Å². The zero-order valence-corrected chi connectivity index (χ0v) is 20.5. The molecule has 6 rings (SSSR count). The summed E-state index contributed by atoms with van der Waals surface area (Å²) >= 11 is 6.23. The highest BCUT2D eigenvalue weighted by Gasteiger charge is 2.34. The van der Waals surface area contributed by atoms with Gasteiger partial charge in [-0.1, -0.05) is 63.2 Å². The minimum absolute atomic E-state index is 0.191. The van der Waals surface area contributed by atoms with E-state index in [9.17, 15) is 9.59 Å². The van der Waals surface area contributed by atoms with Crippen LogP contribution in [0.15, 0.2) is 69.2 Å². The highest BCUT2D eigenvalue weighted by atomic mass is 79.9. The highest BCUT2D eigenvalue weighted by Crippen LogP contribution is 2.38. The van der Waals surface area contributed by atoms with Gasteiger partial charge in [-0.15, -0.1) is 16.4 Å². The molecule has 3 aromatic heterocycles. The predicted molar refractivity (Wildman–Crippen MR) is 135 cm³/mol. The monoisotopic (exact) mass is 534 g/mol. The van der Waals surface area contributed by atoms with Crippen LogP contribution in [0.4, 0.5) is 5.69 Å². The molecule has 2 aromatic carbocycles. The lowest BCUT2D eigenvalue weighted by atomic mass is 10.1. The molecule has 4 heterocycles. The summed E-state index contributed by atoms with van der Waals surface area (Å²) in [5.74, 6) is 0.329. The smallest absolute Gasteiger partial charge is 0.291 e. The van der Waals surface area contributed by atoms with Gasteiger partial charge in [0, 0.05) is 10.0 Å². The first-order valence-corrected chi connectivity index (χ1v) is 12.6. The van der Waals surface area contributed by atoms with Gasteiger partial charge in [0.25, 0.3) is 11.5 Å². The molecule has 0 saturated carbocycles. The number of hydrogen-bond acceptors (Lipinski definition) is 6. The standard InChI is InChI=1S/C24H15BrN4O2S2/c1-13-4-6-14(7-5-13)12-28-17-9-8-15(25)11-16(17)19(22(28)30)20-23(31)29-24(33-20)26-21(27-29)18-3-2-10-32-18/h2-11H,12H2,1H3/b20-19-. The first-order chi connectivity index (χ1) is 16.0. The molecule has 6 nitrogen and oxygen atoms in total. The van der Waals surface area contributed by atoms with E-state index in [2.05, 4.69) is 26.0 Å². The van der Waals surface area contributed by atoms with Gasteiger partial charge in [0.15, 0.2) is 5.82 Å². The molecule has 0 fully saturated rings. The van der Waals surface area contributed by atoms with E-state index in [0.29, 0.717) is 27.4 Å². The van der Waals surface area contributed by atoms with Crippen LogP contribution < -0.4 is 15.0 Å². The Morgan fingerprint density at radius 1 is 1.06 bits per heavy atom. The van der Waals surface area contributed by atoms with E-state index in [0.717, 1.165) is 31.7 Å². The normalized spacial score (nSPS) is 15.0. The van der Waals surface area contributed by atoms with Crippen LogP contribution in [0.2, 0.25) is 0 Å². The summed E-state index contributed by atoms with van der Waals surface area (Å²) in [4.78, 5) is 34.6. The number of thiazole rings is 1. The van der Waals surface area contributed by atoms with E-state index in [1.165, 1.54) is 27.2 Å². The molecule has 0 atom stereocenters. The lowest BCUT2D eigenvalue weighted by Gasteiger charge is -2.17. The Kier molecular flexibility index (Phi) is 4.79. The molecule has 9 heteroatoms. The molecular formula is C24H15BrN4O2S2. The maximum atomic E-state index is 13.6. The largest absolute Gasteiger partial charge is 0.303 e. The van der Waals surface area contributed by atoms with Crippen molar-refractivity contribution in [3.05, 3.63) is 96.0 Å². The second-order valence-corrected chi connectivity index (χ2v) is 10.6. The van der Waals surface area contributed by atoms with Gasteiger partial charge < -0.3 is 4.90 Å². The zero-order valence-electron chi connectivity index (χ0n) is 17.3. The number of hydrogen-bond donors (Lipinski definition) is 0. The van der Waals surface area contributed by atoms with Crippen LogP contribution >= 0.6 is 38.6 Å². The number of nitrogens with zero attached hydrogens (tertiary/aromatic N) is 4. The molecule has 0 aliphatic carbocycles. The molecule has 0 radical (unpaired) electrons. The third-order valence-electron chi connectivity index (χ3n) is 5.57. The molecule has 1 aliphatic heterocycles. The number of carbonyl (C=O) groups is 1. The zero-order chi connectivity index (χ0) is 22.7. The Labute approximate surface area is 204 Å². The van der Waals surface area contributed by atoms with Gasteiger partial charge in [-0.05, 0) is 42.1 Å². The summed E-state index contributed by atoms with van der Waals surface area (Å²) in [6.07, 6.45) is 0. The summed E-state index contributed by atoms with van der Waals surface area (Å²) in [6.45, 7) is 2.46. The molecule has 0 bridgehead atoms. The van der Waals surface area contributed by atoms with Crippen LogP contribution in [-0.2, 0) is 11.3 Å². The van der Waals surface area contributed by atoms with Gasteiger partial charge in [0.05, 0.1) is 22.7 Å². The van der Waals surface area contributed by atoms with Crippen molar-refractivity contribution in [3.63, 3.8) is 0 Å². The molecule has 1 aliphatic rings. The lowest BCUT2D eigenvalue weighted by Crippen LogP contribution is -2.32. The number of thiophene rings is 1. The van der Waals surface area contributed by atoms with Crippen molar-refractivity contribution in [1.29, 1.82) is 0 Å². The number of rotatable bonds is 3. The predicted octanol–water partition coefficient (Wildman–Crippen LogP) is 4.42. The van der Waals surface area contributed by atoms with Gasteiger partial charge in [0.1, 0.15) is 4.53 Å². The maximum Gasteiger partial charge on any atom is 0.291 e. The summed E-state index contributed by atoms with van der Waals surface area (Å²) in [6, 6.07) is 17.7. The van der Waals surface area contributed by atoms with Crippen molar-refractivity contribution < 1.29 is 4.79 Å². The van der Waals surface area contributed by atoms with Crippen LogP contribution in [0.1, 0.15) is 16.7 Å². The summed E-state index contributed by atoms with van der Waals surface area (Å²) in [7, 11) is 0. The van der Waals surface area contributed by atoms with E-state index < -0.39 is 0 Å². The summed E-state index contributed by atoms with van der Waals surface area (Å²) in [5, 5.41) is 6.35. The topological polar surface area (TPSA) is 67.6 Å². The second-order valence-electron chi connectivity index (χ2n) is 7.76. The van der Waals surface area contributed by atoms with Crippen LogP contribution in [0.25, 0.3) is 21.2 Å². The Morgan fingerprint density at radius 3 is 2.61 bits per heavy atom. The van der Waals surface area contributed by atoms with Crippen molar-refractivity contribution in [1.82, 2.24) is 14.6 Å². The quantitative estimate of drug-likeness (QED) is 0.343. The average Bonchev–Trinajstić information content (AvgIpc) is 3.56. The Bertz CT molecular complexity index is 1650. The van der Waals surface area contributed by atoms with Crippen molar-refractivity contribution >= 4 is 60.7 Å². The van der Waals surface area contributed by atoms with Crippen LogP contribution in [0.3, 0.4) is 0 Å². The number of anilines is 1. The molecule has 0 saturated heterocycles. The van der Waals surface area contributed by atoms with Crippen LogP contribution in [0, 0.1) is 6.92 Å². The van der Waals surface area contributed by atoms with Crippen LogP contribution in [-0.4, -0.2) is 20.5 Å². The van der Waals surface area contributed by atoms with E-state index >= 15 is 0 Å². The number of carbonyl (C=O) groups excluding carboxylic acids is 1. The van der Waals surface area contributed by atoms with Crippen molar-refractivity contribution in [2.75, 3.05) is 4.90 Å².